The molecule has 0 aromatic carbocycles. The van der Waals surface area contributed by atoms with E-state index in [1.54, 1.807) is 18.3 Å². The van der Waals surface area contributed by atoms with E-state index in [1.165, 1.54) is 32.0 Å². The SMILES string of the molecule is COCO[C@H](COc1ccc(C(F)(F)F)cn1)N(COC)C(=O)Cc1cc(OCCC2CC2)ccn1. The highest BCUT2D eigenvalue weighted by molar-refractivity contribution is 5.78. The van der Waals surface area contributed by atoms with Crippen molar-refractivity contribution in [2.45, 2.75) is 38.1 Å². The average Bonchev–Trinajstić information content (AvgIpc) is 3.67. The molecule has 0 N–H and O–H groups in total. The van der Waals surface area contributed by atoms with Crippen LogP contribution in [0.2, 0.25) is 0 Å². The largest absolute Gasteiger partial charge is 0.493 e. The molecule has 9 nitrogen and oxygen atoms in total. The fraction of sp³-hybridized carbons (Fsp3) is 0.542. The molecule has 3 rings (SSSR count). The Labute approximate surface area is 207 Å². The molecule has 1 saturated carbocycles. The number of alkyl halides is 3. The Morgan fingerprint density at radius 2 is 1.94 bits per heavy atom. The lowest BCUT2D eigenvalue weighted by molar-refractivity contribution is -0.178. The third-order valence-electron chi connectivity index (χ3n) is 5.36. The van der Waals surface area contributed by atoms with Gasteiger partial charge in [0.2, 0.25) is 11.8 Å². The van der Waals surface area contributed by atoms with Crippen molar-refractivity contribution in [1.82, 2.24) is 14.9 Å². The number of rotatable bonds is 15. The number of hydrogen-bond donors (Lipinski definition) is 0. The Morgan fingerprint density at radius 3 is 2.58 bits per heavy atom. The van der Waals surface area contributed by atoms with E-state index in [4.69, 9.17) is 23.7 Å². The van der Waals surface area contributed by atoms with Gasteiger partial charge in [-0.3, -0.25) is 14.7 Å². The summed E-state index contributed by atoms with van der Waals surface area (Å²) < 4.78 is 65.3. The average molecular weight is 514 g/mol. The van der Waals surface area contributed by atoms with Gasteiger partial charge >= 0.3 is 6.18 Å². The molecule has 1 atom stereocenters. The Balaban J connectivity index is 1.63. The molecular weight excluding hydrogens is 483 g/mol. The summed E-state index contributed by atoms with van der Waals surface area (Å²) in [5.41, 5.74) is -0.398. The van der Waals surface area contributed by atoms with Crippen LogP contribution in [0.3, 0.4) is 0 Å². The molecule has 1 fully saturated rings. The van der Waals surface area contributed by atoms with Crippen LogP contribution in [0.25, 0.3) is 0 Å². The minimum Gasteiger partial charge on any atom is -0.493 e. The van der Waals surface area contributed by atoms with E-state index in [0.29, 0.717) is 24.2 Å². The zero-order chi connectivity index (χ0) is 26.0. The highest BCUT2D eigenvalue weighted by atomic mass is 19.4. The van der Waals surface area contributed by atoms with Gasteiger partial charge in [0, 0.05) is 38.7 Å². The molecule has 198 valence electrons. The van der Waals surface area contributed by atoms with Gasteiger partial charge in [-0.2, -0.15) is 13.2 Å². The van der Waals surface area contributed by atoms with Gasteiger partial charge in [-0.15, -0.1) is 0 Å². The Morgan fingerprint density at radius 1 is 1.14 bits per heavy atom. The second-order valence-electron chi connectivity index (χ2n) is 8.24. The quantitative estimate of drug-likeness (QED) is 0.333. The van der Waals surface area contributed by atoms with E-state index in [0.717, 1.165) is 24.5 Å². The van der Waals surface area contributed by atoms with Gasteiger partial charge < -0.3 is 23.7 Å². The van der Waals surface area contributed by atoms with E-state index in [1.807, 2.05) is 0 Å². The summed E-state index contributed by atoms with van der Waals surface area (Å²) in [6, 6.07) is 5.40. The topological polar surface area (TPSA) is 92.2 Å². The summed E-state index contributed by atoms with van der Waals surface area (Å²) in [6.07, 6.45) is 0.209. The molecule has 0 spiro atoms. The first-order valence-electron chi connectivity index (χ1n) is 11.4. The summed E-state index contributed by atoms with van der Waals surface area (Å²) in [6.45, 7) is 0.0911. The molecule has 12 heteroatoms. The molecule has 0 radical (unpaired) electrons. The van der Waals surface area contributed by atoms with Crippen LogP contribution in [0.15, 0.2) is 36.7 Å². The normalized spacial score (nSPS) is 14.4. The molecule has 0 unspecified atom stereocenters. The van der Waals surface area contributed by atoms with Gasteiger partial charge in [-0.05, 0) is 24.5 Å². The van der Waals surface area contributed by atoms with Crippen molar-refractivity contribution in [2.75, 3.05) is 41.0 Å². The van der Waals surface area contributed by atoms with E-state index < -0.39 is 18.0 Å². The van der Waals surface area contributed by atoms with E-state index in [9.17, 15) is 18.0 Å². The number of halogens is 3. The van der Waals surface area contributed by atoms with E-state index in [2.05, 4.69) is 9.97 Å². The second kappa shape index (κ2) is 13.4. The smallest absolute Gasteiger partial charge is 0.417 e. The van der Waals surface area contributed by atoms with Crippen LogP contribution >= 0.6 is 0 Å². The molecule has 1 amide bonds. The number of amides is 1. The number of methoxy groups -OCH3 is 2. The molecule has 0 aliphatic heterocycles. The highest BCUT2D eigenvalue weighted by Gasteiger charge is 2.31. The number of carbonyl (C=O) groups is 1. The monoisotopic (exact) mass is 513 g/mol. The van der Waals surface area contributed by atoms with Gasteiger partial charge in [0.1, 0.15) is 25.9 Å². The van der Waals surface area contributed by atoms with Crippen LogP contribution in [0.5, 0.6) is 11.6 Å². The van der Waals surface area contributed by atoms with Crippen LogP contribution < -0.4 is 9.47 Å². The molecule has 2 aromatic heterocycles. The highest BCUT2D eigenvalue weighted by Crippen LogP contribution is 2.32. The minimum atomic E-state index is -4.51. The van der Waals surface area contributed by atoms with Gasteiger partial charge in [0.25, 0.3) is 0 Å². The molecule has 0 saturated heterocycles. The van der Waals surface area contributed by atoms with Gasteiger partial charge in [0.15, 0.2) is 6.23 Å². The van der Waals surface area contributed by atoms with Crippen LogP contribution in [-0.2, 0) is 31.6 Å². The van der Waals surface area contributed by atoms with Gasteiger partial charge in [-0.1, -0.05) is 12.8 Å². The predicted molar refractivity (Wildman–Crippen MR) is 121 cm³/mol. The molecule has 1 aliphatic carbocycles. The fourth-order valence-electron chi connectivity index (χ4n) is 3.27. The third-order valence-corrected chi connectivity index (χ3v) is 5.36. The summed E-state index contributed by atoms with van der Waals surface area (Å²) in [7, 11) is 2.83. The number of aromatic nitrogens is 2. The molecule has 0 bridgehead atoms. The summed E-state index contributed by atoms with van der Waals surface area (Å²) >= 11 is 0. The third kappa shape index (κ3) is 8.92. The van der Waals surface area contributed by atoms with Gasteiger partial charge in [0.05, 0.1) is 24.3 Å². The maximum absolute atomic E-state index is 13.1. The van der Waals surface area contributed by atoms with Gasteiger partial charge in [-0.25, -0.2) is 4.98 Å². The molecule has 1 aliphatic rings. The van der Waals surface area contributed by atoms with Crippen molar-refractivity contribution < 1.29 is 41.7 Å². The standard InChI is InChI=1S/C24H30F3N3O6/c1-32-15-30(22(31)12-19-11-20(7-9-28-19)34-10-8-17-3-4-17)23(36-16-33-2)14-35-21-6-5-18(13-29-21)24(25,26)27/h5-7,9,11,13,17,23H,3-4,8,10,12,14-16H2,1-2H3/t23-/m1/s1. The van der Waals surface area contributed by atoms with E-state index in [-0.39, 0.29) is 38.3 Å². The van der Waals surface area contributed by atoms with Crippen LogP contribution in [-0.4, -0.2) is 68.0 Å². The summed E-state index contributed by atoms with van der Waals surface area (Å²) in [4.78, 5) is 22.4. The van der Waals surface area contributed by atoms with Crippen molar-refractivity contribution in [2.24, 2.45) is 5.92 Å². The fourth-order valence-corrected chi connectivity index (χ4v) is 3.27. The lowest BCUT2D eigenvalue weighted by Gasteiger charge is -2.30. The van der Waals surface area contributed by atoms with E-state index >= 15 is 0 Å². The lowest BCUT2D eigenvalue weighted by atomic mass is 10.2. The Kier molecular flexibility index (Phi) is 10.3. The molecule has 2 aromatic rings. The first kappa shape index (κ1) is 27.6. The maximum atomic E-state index is 13.1. The number of carbonyl (C=O) groups excluding carboxylic acids is 1. The predicted octanol–water partition coefficient (Wildman–Crippen LogP) is 3.67. The van der Waals surface area contributed by atoms with Crippen LogP contribution in [0, 0.1) is 5.92 Å². The number of nitrogens with zero attached hydrogens (tertiary/aromatic N) is 3. The first-order chi connectivity index (χ1) is 17.3. The first-order valence-corrected chi connectivity index (χ1v) is 11.4. The van der Waals surface area contributed by atoms with Crippen molar-refractivity contribution >= 4 is 5.91 Å². The van der Waals surface area contributed by atoms with Crippen LogP contribution in [0.4, 0.5) is 13.2 Å². The Bertz CT molecular complexity index is 957. The number of hydrogen-bond acceptors (Lipinski definition) is 8. The van der Waals surface area contributed by atoms with Crippen molar-refractivity contribution in [3.63, 3.8) is 0 Å². The lowest BCUT2D eigenvalue weighted by Crippen LogP contribution is -2.47. The maximum Gasteiger partial charge on any atom is 0.417 e. The van der Waals surface area contributed by atoms with Crippen LogP contribution in [0.1, 0.15) is 30.5 Å². The Hall–Kier alpha value is -2.96. The molecule has 2 heterocycles. The summed E-state index contributed by atoms with van der Waals surface area (Å²) in [5.74, 6) is 0.955. The number of ether oxygens (including phenoxy) is 5. The van der Waals surface area contributed by atoms with Crippen molar-refractivity contribution in [3.8, 4) is 11.6 Å². The van der Waals surface area contributed by atoms with Crippen molar-refractivity contribution in [1.29, 1.82) is 0 Å². The molecule has 36 heavy (non-hydrogen) atoms. The second-order valence-corrected chi connectivity index (χ2v) is 8.24. The zero-order valence-corrected chi connectivity index (χ0v) is 20.2. The minimum absolute atomic E-state index is 0.0588. The van der Waals surface area contributed by atoms with Crippen molar-refractivity contribution in [3.05, 3.63) is 47.9 Å². The number of pyridine rings is 2. The zero-order valence-electron chi connectivity index (χ0n) is 20.2. The molecular formula is C24H30F3N3O6. The summed E-state index contributed by atoms with van der Waals surface area (Å²) in [5, 5.41) is 0.